The molecule has 6 nitrogen and oxygen atoms in total. The van der Waals surface area contributed by atoms with Gasteiger partial charge in [0, 0.05) is 6.04 Å². The van der Waals surface area contributed by atoms with Gasteiger partial charge in [0.05, 0.1) is 26.2 Å². The minimum atomic E-state index is -3.84. The lowest BCUT2D eigenvalue weighted by atomic mass is 9.78. The zero-order valence-electron chi connectivity index (χ0n) is 16.7. The number of benzene rings is 1. The molecular formula is C20H31FN3O3S+. The van der Waals surface area contributed by atoms with Crippen LogP contribution in [0, 0.1) is 17.7 Å². The molecule has 0 radical (unpaired) electrons. The van der Waals surface area contributed by atoms with Gasteiger partial charge in [0.2, 0.25) is 10.0 Å². The van der Waals surface area contributed by atoms with Crippen molar-refractivity contribution in [2.24, 2.45) is 11.8 Å². The van der Waals surface area contributed by atoms with Gasteiger partial charge in [-0.1, -0.05) is 38.8 Å². The summed E-state index contributed by atoms with van der Waals surface area (Å²) < 4.78 is 40.6. The molecule has 2 aliphatic rings. The molecule has 28 heavy (non-hydrogen) atoms. The van der Waals surface area contributed by atoms with E-state index in [9.17, 15) is 17.6 Å². The number of piperazine rings is 1. The summed E-state index contributed by atoms with van der Waals surface area (Å²) in [5.41, 5.74) is 0. The Hall–Kier alpha value is -1.51. The monoisotopic (exact) mass is 412 g/mol. The third-order valence-corrected chi connectivity index (χ3v) is 8.28. The second-order valence-corrected chi connectivity index (χ2v) is 10.1. The Labute approximate surface area is 167 Å². The van der Waals surface area contributed by atoms with E-state index in [2.05, 4.69) is 19.2 Å². The van der Waals surface area contributed by atoms with Crippen molar-refractivity contribution in [3.05, 3.63) is 30.1 Å². The van der Waals surface area contributed by atoms with E-state index in [-0.39, 0.29) is 29.9 Å². The number of quaternary nitrogens is 1. The number of amides is 1. The van der Waals surface area contributed by atoms with Gasteiger partial charge in [-0.05, 0) is 30.4 Å². The van der Waals surface area contributed by atoms with E-state index in [4.69, 9.17) is 0 Å². The number of hydrogen-bond acceptors (Lipinski definition) is 3. The lowest BCUT2D eigenvalue weighted by Gasteiger charge is -2.35. The van der Waals surface area contributed by atoms with Crippen molar-refractivity contribution in [3.63, 3.8) is 0 Å². The van der Waals surface area contributed by atoms with Crippen LogP contribution in [0.25, 0.3) is 0 Å². The van der Waals surface area contributed by atoms with Crippen molar-refractivity contribution < 1.29 is 22.5 Å². The minimum absolute atomic E-state index is 0.0337. The second-order valence-electron chi connectivity index (χ2n) is 8.20. The topological polar surface area (TPSA) is 70.9 Å². The van der Waals surface area contributed by atoms with E-state index in [1.807, 2.05) is 0 Å². The first-order valence-corrected chi connectivity index (χ1v) is 11.6. The van der Waals surface area contributed by atoms with Gasteiger partial charge < -0.3 is 10.2 Å². The third-order valence-electron chi connectivity index (χ3n) is 6.35. The zero-order chi connectivity index (χ0) is 20.3. The molecule has 1 aliphatic heterocycles. The lowest BCUT2D eigenvalue weighted by Crippen LogP contribution is -3.15. The van der Waals surface area contributed by atoms with E-state index in [0.29, 0.717) is 31.5 Å². The Balaban J connectivity index is 1.51. The summed E-state index contributed by atoms with van der Waals surface area (Å²) in [6.45, 7) is 6.45. The van der Waals surface area contributed by atoms with Crippen LogP contribution in [0.4, 0.5) is 4.39 Å². The Kier molecular flexibility index (Phi) is 6.73. The average Bonchev–Trinajstić information content (AvgIpc) is 2.66. The second kappa shape index (κ2) is 8.88. The normalized spacial score (nSPS) is 27.5. The summed E-state index contributed by atoms with van der Waals surface area (Å²) >= 11 is 0. The summed E-state index contributed by atoms with van der Waals surface area (Å²) in [5.74, 6) is 0.410. The Morgan fingerprint density at radius 1 is 1.21 bits per heavy atom. The Morgan fingerprint density at radius 3 is 2.57 bits per heavy atom. The molecule has 2 fully saturated rings. The molecule has 0 spiro atoms. The fraction of sp³-hybridized carbons (Fsp3) is 0.650. The smallest absolute Gasteiger partial charge is 0.275 e. The quantitative estimate of drug-likeness (QED) is 0.746. The summed E-state index contributed by atoms with van der Waals surface area (Å²) in [6.07, 6.45) is 3.40. The third kappa shape index (κ3) is 4.72. The fourth-order valence-corrected chi connectivity index (χ4v) is 5.79. The molecule has 1 saturated carbocycles. The van der Waals surface area contributed by atoms with E-state index in [1.165, 1.54) is 28.9 Å². The van der Waals surface area contributed by atoms with Gasteiger partial charge in [-0.3, -0.25) is 4.79 Å². The Morgan fingerprint density at radius 2 is 1.89 bits per heavy atom. The number of nitrogens with one attached hydrogen (secondary N) is 2. The lowest BCUT2D eigenvalue weighted by molar-refractivity contribution is -0.895. The van der Waals surface area contributed by atoms with Crippen molar-refractivity contribution in [1.29, 1.82) is 0 Å². The predicted molar refractivity (Wildman–Crippen MR) is 105 cm³/mol. The van der Waals surface area contributed by atoms with Crippen LogP contribution in [-0.4, -0.2) is 57.4 Å². The van der Waals surface area contributed by atoms with Gasteiger partial charge in [0.25, 0.3) is 5.91 Å². The maximum Gasteiger partial charge on any atom is 0.275 e. The highest BCUT2D eigenvalue weighted by Crippen LogP contribution is 2.29. The van der Waals surface area contributed by atoms with Gasteiger partial charge in [0.15, 0.2) is 6.54 Å². The molecule has 1 aromatic rings. The first-order chi connectivity index (χ1) is 13.3. The van der Waals surface area contributed by atoms with E-state index >= 15 is 0 Å². The maximum absolute atomic E-state index is 13.9. The molecule has 3 atom stereocenters. The SMILES string of the molecule is C[C@@H]1[C@@H](C)CCC[C@H]1NC(=O)C[NH+]1CCN(S(=O)(=O)c2ccccc2F)CC1. The molecular weight excluding hydrogens is 381 g/mol. The maximum atomic E-state index is 13.9. The van der Waals surface area contributed by atoms with Crippen LogP contribution in [0.1, 0.15) is 33.1 Å². The van der Waals surface area contributed by atoms with Crippen molar-refractivity contribution >= 4 is 15.9 Å². The van der Waals surface area contributed by atoms with Crippen LogP contribution < -0.4 is 10.2 Å². The van der Waals surface area contributed by atoms with Crippen molar-refractivity contribution in [2.75, 3.05) is 32.7 Å². The molecule has 2 N–H and O–H groups in total. The highest BCUT2D eigenvalue weighted by Gasteiger charge is 2.33. The van der Waals surface area contributed by atoms with Crippen LogP contribution >= 0.6 is 0 Å². The number of rotatable bonds is 5. The van der Waals surface area contributed by atoms with Crippen LogP contribution in [0.3, 0.4) is 0 Å². The summed E-state index contributed by atoms with van der Waals surface area (Å²) in [7, 11) is -3.84. The number of sulfonamides is 1. The highest BCUT2D eigenvalue weighted by molar-refractivity contribution is 7.89. The van der Waals surface area contributed by atoms with E-state index in [1.54, 1.807) is 0 Å². The highest BCUT2D eigenvalue weighted by atomic mass is 32.2. The molecule has 1 heterocycles. The van der Waals surface area contributed by atoms with Crippen LogP contribution in [0.15, 0.2) is 29.2 Å². The fourth-order valence-electron chi connectivity index (χ4n) is 4.28. The molecule has 0 aromatic heterocycles. The summed E-state index contributed by atoms with van der Waals surface area (Å²) in [5, 5.41) is 3.18. The van der Waals surface area contributed by atoms with Crippen LogP contribution in [-0.2, 0) is 14.8 Å². The van der Waals surface area contributed by atoms with Gasteiger partial charge in [-0.2, -0.15) is 4.31 Å². The molecule has 3 rings (SSSR count). The molecule has 1 aromatic carbocycles. The molecule has 0 bridgehead atoms. The Bertz CT molecular complexity index is 794. The first kappa shape index (κ1) is 21.2. The zero-order valence-corrected chi connectivity index (χ0v) is 17.5. The van der Waals surface area contributed by atoms with Gasteiger partial charge >= 0.3 is 0 Å². The van der Waals surface area contributed by atoms with Gasteiger partial charge in [-0.15, -0.1) is 0 Å². The van der Waals surface area contributed by atoms with Crippen molar-refractivity contribution in [2.45, 2.75) is 44.0 Å². The number of carbonyl (C=O) groups excluding carboxylic acids is 1. The van der Waals surface area contributed by atoms with Crippen LogP contribution in [0.2, 0.25) is 0 Å². The molecule has 8 heteroatoms. The largest absolute Gasteiger partial charge is 0.348 e. The van der Waals surface area contributed by atoms with Gasteiger partial charge in [-0.25, -0.2) is 12.8 Å². The number of carbonyl (C=O) groups is 1. The van der Waals surface area contributed by atoms with Crippen molar-refractivity contribution in [1.82, 2.24) is 9.62 Å². The van der Waals surface area contributed by atoms with E-state index in [0.717, 1.165) is 23.8 Å². The molecule has 1 aliphatic carbocycles. The summed E-state index contributed by atoms with van der Waals surface area (Å²) in [6, 6.07) is 5.69. The number of halogens is 1. The van der Waals surface area contributed by atoms with E-state index < -0.39 is 15.8 Å². The molecule has 1 saturated heterocycles. The molecule has 156 valence electrons. The van der Waals surface area contributed by atoms with Gasteiger partial charge in [0.1, 0.15) is 10.7 Å². The molecule has 1 amide bonds. The minimum Gasteiger partial charge on any atom is -0.348 e. The standard InChI is InChI=1S/C20H30FN3O3S/c1-15-6-5-8-18(16(15)2)22-20(25)14-23-10-12-24(13-11-23)28(26,27)19-9-4-3-7-17(19)21/h3-4,7,9,15-16,18H,5-6,8,10-14H2,1-2H3,(H,22,25)/p+1/t15-,16+,18+/m0/s1. The predicted octanol–water partition coefficient (Wildman–Crippen LogP) is 0.656. The summed E-state index contributed by atoms with van der Waals surface area (Å²) in [4.78, 5) is 13.2. The number of nitrogens with zero attached hydrogens (tertiary/aromatic N) is 1. The molecule has 0 unspecified atom stereocenters. The van der Waals surface area contributed by atoms with Crippen LogP contribution in [0.5, 0.6) is 0 Å². The average molecular weight is 413 g/mol. The first-order valence-electron chi connectivity index (χ1n) is 10.2. The number of hydrogen-bond donors (Lipinski definition) is 2. The van der Waals surface area contributed by atoms with Crippen molar-refractivity contribution in [3.8, 4) is 0 Å².